The number of phenolic OH excluding ortho intramolecular Hbond substituents is 2. The summed E-state index contributed by atoms with van der Waals surface area (Å²) in [5.41, 5.74) is 7.32. The molecule has 3 aromatic rings. The fourth-order valence-corrected chi connectivity index (χ4v) is 12.1. The number of carboxylic acid groups (broad SMARTS) is 1. The molecule has 0 aliphatic rings. The summed E-state index contributed by atoms with van der Waals surface area (Å²) in [7, 11) is 0. The lowest BCUT2D eigenvalue weighted by Crippen LogP contribution is -2.34. The van der Waals surface area contributed by atoms with Crippen molar-refractivity contribution in [1.82, 2.24) is 0 Å². The molecular formula is C65H106O4. The van der Waals surface area contributed by atoms with Crippen molar-refractivity contribution < 1.29 is 20.1 Å². The van der Waals surface area contributed by atoms with Gasteiger partial charge in [0.05, 0.1) is 0 Å². The average Bonchev–Trinajstić information content (AvgIpc) is 3.34. The minimum absolute atomic E-state index is 0.120. The fourth-order valence-electron chi connectivity index (χ4n) is 12.1. The van der Waals surface area contributed by atoms with Gasteiger partial charge in [-0.1, -0.05) is 263 Å². The zero-order valence-electron chi connectivity index (χ0n) is 45.8. The molecule has 0 heterocycles. The van der Waals surface area contributed by atoms with Crippen LogP contribution in [-0.4, -0.2) is 21.3 Å². The van der Waals surface area contributed by atoms with E-state index in [2.05, 4.69) is 84.0 Å². The summed E-state index contributed by atoms with van der Waals surface area (Å²) in [6.45, 7) is 13.6. The van der Waals surface area contributed by atoms with Crippen LogP contribution in [0.25, 0.3) is 0 Å². The topological polar surface area (TPSA) is 77.8 Å². The van der Waals surface area contributed by atoms with E-state index in [0.717, 1.165) is 80.0 Å². The summed E-state index contributed by atoms with van der Waals surface area (Å²) in [6.07, 6.45) is 43.7. The zero-order valence-corrected chi connectivity index (χ0v) is 45.8. The standard InChI is InChI=1S/C65H106O4/c1-7-12-14-16-18-20-22-24-26-28-30-32-35-45-54(11-5)62-57(43-10-4)64(58(52-60(62)67)55(42-9-3)46-36-33-31-29-27-25-23-21-19-17-15-13-8-2)65(51-40-39-50-61(68)69,56-47-37-34-38-48-56)63-53(6)44-41-49-59(63)66/h34,37-38,41,44,47-49,52,54-55,66-67H,7-33,35-36,39-40,42-43,45-46,50-51H2,1-6H3,(H,68,69). The van der Waals surface area contributed by atoms with Gasteiger partial charge in [0.1, 0.15) is 11.5 Å². The molecule has 3 unspecified atom stereocenters. The number of benzene rings is 3. The number of aryl methyl sites for hydroxylation is 1. The molecule has 4 heteroatoms. The van der Waals surface area contributed by atoms with Crippen molar-refractivity contribution in [2.45, 2.75) is 296 Å². The van der Waals surface area contributed by atoms with Crippen molar-refractivity contribution >= 4 is 5.97 Å². The van der Waals surface area contributed by atoms with Gasteiger partial charge in [0, 0.05) is 23.0 Å². The summed E-state index contributed by atoms with van der Waals surface area (Å²) in [6, 6.07) is 19.0. The van der Waals surface area contributed by atoms with E-state index in [4.69, 9.17) is 0 Å². The van der Waals surface area contributed by atoms with E-state index < -0.39 is 11.4 Å². The second-order valence-electron chi connectivity index (χ2n) is 21.5. The van der Waals surface area contributed by atoms with Gasteiger partial charge in [-0.25, -0.2) is 0 Å². The van der Waals surface area contributed by atoms with E-state index in [0.29, 0.717) is 30.8 Å². The molecule has 3 atom stereocenters. The van der Waals surface area contributed by atoms with Crippen molar-refractivity contribution in [3.8, 4) is 11.5 Å². The van der Waals surface area contributed by atoms with E-state index in [1.54, 1.807) is 0 Å². The summed E-state index contributed by atoms with van der Waals surface area (Å²) < 4.78 is 0. The smallest absolute Gasteiger partial charge is 0.303 e. The number of carbonyl (C=O) groups is 1. The van der Waals surface area contributed by atoms with Crippen LogP contribution in [0.2, 0.25) is 0 Å². The molecule has 4 nitrogen and oxygen atoms in total. The molecule has 0 bridgehead atoms. The molecule has 3 aromatic carbocycles. The van der Waals surface area contributed by atoms with Gasteiger partial charge in [-0.3, -0.25) is 4.79 Å². The van der Waals surface area contributed by atoms with Gasteiger partial charge >= 0.3 is 5.97 Å². The Balaban J connectivity index is 2.08. The van der Waals surface area contributed by atoms with E-state index in [1.807, 2.05) is 12.1 Å². The molecule has 0 saturated carbocycles. The Morgan fingerprint density at radius 1 is 0.493 bits per heavy atom. The molecule has 0 amide bonds. The molecule has 3 rings (SSSR count). The van der Waals surface area contributed by atoms with Gasteiger partial charge in [0.2, 0.25) is 0 Å². The Kier molecular flexibility index (Phi) is 31.9. The largest absolute Gasteiger partial charge is 0.508 e. The molecule has 0 fully saturated rings. The molecule has 390 valence electrons. The first kappa shape index (κ1) is 60.0. The number of aliphatic carboxylic acids is 1. The maximum Gasteiger partial charge on any atom is 0.303 e. The Morgan fingerprint density at radius 3 is 1.43 bits per heavy atom. The highest BCUT2D eigenvalue weighted by molar-refractivity contribution is 5.67. The normalized spacial score (nSPS) is 13.4. The molecule has 0 saturated heterocycles. The molecule has 0 aliphatic carbocycles. The van der Waals surface area contributed by atoms with E-state index in [9.17, 15) is 20.1 Å². The predicted octanol–water partition coefficient (Wildman–Crippen LogP) is 20.7. The van der Waals surface area contributed by atoms with Gasteiger partial charge in [-0.2, -0.15) is 0 Å². The quantitative estimate of drug-likeness (QED) is 0.0390. The number of carboxylic acids is 1. The number of aromatic hydroxyl groups is 2. The van der Waals surface area contributed by atoms with Gasteiger partial charge in [0.25, 0.3) is 0 Å². The lowest BCUT2D eigenvalue weighted by molar-refractivity contribution is -0.137. The van der Waals surface area contributed by atoms with Crippen LogP contribution in [0, 0.1) is 6.92 Å². The Bertz CT molecular complexity index is 1740. The first-order valence-corrected chi connectivity index (χ1v) is 29.7. The average molecular weight is 952 g/mol. The maximum absolute atomic E-state index is 12.7. The molecule has 0 aromatic heterocycles. The molecule has 0 radical (unpaired) electrons. The van der Waals surface area contributed by atoms with E-state index in [-0.39, 0.29) is 18.3 Å². The van der Waals surface area contributed by atoms with Gasteiger partial charge in [-0.15, -0.1) is 0 Å². The van der Waals surface area contributed by atoms with Crippen LogP contribution in [0.1, 0.15) is 317 Å². The first-order chi connectivity index (χ1) is 33.7. The third kappa shape index (κ3) is 20.8. The van der Waals surface area contributed by atoms with Crippen LogP contribution in [-0.2, 0) is 16.6 Å². The molecule has 0 spiro atoms. The zero-order chi connectivity index (χ0) is 50.0. The van der Waals surface area contributed by atoms with Crippen molar-refractivity contribution in [2.75, 3.05) is 0 Å². The summed E-state index contributed by atoms with van der Waals surface area (Å²) in [5, 5.41) is 34.9. The third-order valence-electron chi connectivity index (χ3n) is 15.8. The minimum atomic E-state index is -0.766. The lowest BCUT2D eigenvalue weighted by Gasteiger charge is -2.43. The summed E-state index contributed by atoms with van der Waals surface area (Å²) >= 11 is 0. The van der Waals surface area contributed by atoms with Crippen molar-refractivity contribution in [3.05, 3.63) is 93.5 Å². The monoisotopic (exact) mass is 951 g/mol. The molecule has 0 aliphatic heterocycles. The van der Waals surface area contributed by atoms with E-state index >= 15 is 0 Å². The minimum Gasteiger partial charge on any atom is -0.508 e. The second kappa shape index (κ2) is 36.6. The van der Waals surface area contributed by atoms with Gasteiger partial charge in [0.15, 0.2) is 0 Å². The van der Waals surface area contributed by atoms with Gasteiger partial charge in [-0.05, 0) is 104 Å². The molecule has 3 N–H and O–H groups in total. The highest BCUT2D eigenvalue weighted by Gasteiger charge is 2.44. The molecule has 69 heavy (non-hydrogen) atoms. The highest BCUT2D eigenvalue weighted by atomic mass is 16.4. The number of phenols is 2. The second-order valence-corrected chi connectivity index (χ2v) is 21.5. The number of rotatable bonds is 43. The van der Waals surface area contributed by atoms with Crippen LogP contribution in [0.15, 0.2) is 54.6 Å². The number of hydrogen-bond donors (Lipinski definition) is 3. The lowest BCUT2D eigenvalue weighted by atomic mass is 9.60. The summed E-state index contributed by atoms with van der Waals surface area (Å²) in [4.78, 5) is 12.0. The van der Waals surface area contributed by atoms with Crippen LogP contribution >= 0.6 is 0 Å². The number of unbranched alkanes of at least 4 members (excludes halogenated alkanes) is 25. The van der Waals surface area contributed by atoms with Crippen LogP contribution in [0.3, 0.4) is 0 Å². The maximum atomic E-state index is 12.7. The van der Waals surface area contributed by atoms with Crippen LogP contribution < -0.4 is 0 Å². The van der Waals surface area contributed by atoms with E-state index in [1.165, 1.54) is 171 Å². The Morgan fingerprint density at radius 2 is 0.986 bits per heavy atom. The van der Waals surface area contributed by atoms with Crippen molar-refractivity contribution in [3.63, 3.8) is 0 Å². The fraction of sp³-hybridized carbons (Fsp3) is 0.708. The SMILES string of the molecule is CCCCCCCCCCCCCCCC(CCC)c1cc(O)c(C(CC)CCCCCCCCCCCCCCC)c(CCC)c1C(CCCCC(=O)O)(c1ccccc1)c1c(C)cccc1O. The Labute approximate surface area is 425 Å². The van der Waals surface area contributed by atoms with Crippen molar-refractivity contribution in [2.24, 2.45) is 0 Å². The first-order valence-electron chi connectivity index (χ1n) is 29.7. The van der Waals surface area contributed by atoms with Crippen LogP contribution in [0.5, 0.6) is 11.5 Å². The Hall–Kier alpha value is -3.27. The summed E-state index contributed by atoms with van der Waals surface area (Å²) in [5.74, 6) is 0.471. The predicted molar refractivity (Wildman–Crippen MR) is 299 cm³/mol. The van der Waals surface area contributed by atoms with Crippen LogP contribution in [0.4, 0.5) is 0 Å². The molecular weight excluding hydrogens is 845 g/mol. The van der Waals surface area contributed by atoms with Gasteiger partial charge < -0.3 is 15.3 Å². The third-order valence-corrected chi connectivity index (χ3v) is 15.8. The van der Waals surface area contributed by atoms with Crippen molar-refractivity contribution in [1.29, 1.82) is 0 Å². The number of hydrogen-bond acceptors (Lipinski definition) is 3. The highest BCUT2D eigenvalue weighted by Crippen LogP contribution is 2.55.